The molecule has 3 aliphatic rings. The molecule has 2 saturated heterocycles. The summed E-state index contributed by atoms with van der Waals surface area (Å²) in [6.07, 6.45) is -1.02. The molecule has 1 aromatic carbocycles. The Labute approximate surface area is 275 Å². The molecule has 48 heavy (non-hydrogen) atoms. The lowest BCUT2D eigenvalue weighted by Gasteiger charge is -2.56. The normalized spacial score (nSPS) is 21.2. The van der Waals surface area contributed by atoms with Gasteiger partial charge in [-0.1, -0.05) is 12.1 Å². The minimum atomic E-state index is -2.08. The maximum absolute atomic E-state index is 13.8. The van der Waals surface area contributed by atoms with E-state index in [4.69, 9.17) is 25.1 Å². The number of rotatable bonds is 12. The number of amides is 7. The van der Waals surface area contributed by atoms with E-state index < -0.39 is 83.4 Å². The Morgan fingerprint density at radius 1 is 1.12 bits per heavy atom. The van der Waals surface area contributed by atoms with E-state index in [1.807, 2.05) is 0 Å². The van der Waals surface area contributed by atoms with Crippen LogP contribution < -0.4 is 27.0 Å². The number of imide groups is 1. The van der Waals surface area contributed by atoms with Gasteiger partial charge in [0.15, 0.2) is 0 Å². The molecule has 3 heterocycles. The van der Waals surface area contributed by atoms with Gasteiger partial charge in [0.2, 0.25) is 5.91 Å². The Morgan fingerprint density at radius 3 is 2.38 bits per heavy atom. The Balaban J connectivity index is 1.56. The molecule has 0 spiro atoms. The predicted molar refractivity (Wildman–Crippen MR) is 161 cm³/mol. The second-order valence-electron chi connectivity index (χ2n) is 10.4. The summed E-state index contributed by atoms with van der Waals surface area (Å²) in [5.41, 5.74) is 3.22. The number of nitrogens with zero attached hydrogens (tertiary/aromatic N) is 2. The average Bonchev–Trinajstić information content (AvgIpc) is 3.49. The number of hydrogen-bond acceptors (Lipinski definition) is 13. The van der Waals surface area contributed by atoms with Crippen LogP contribution in [-0.4, -0.2) is 124 Å². The summed E-state index contributed by atoms with van der Waals surface area (Å²) in [6, 6.07) is 0.682. The van der Waals surface area contributed by atoms with E-state index >= 15 is 0 Å². The number of nitrogens with two attached hydrogens (primary N) is 1. The monoisotopic (exact) mass is 693 g/mol. The number of benzene rings is 1. The smallest absolute Gasteiger partial charge is 0.411 e. The van der Waals surface area contributed by atoms with Crippen molar-refractivity contribution in [1.82, 2.24) is 25.8 Å². The lowest BCUT2D eigenvalue weighted by molar-refractivity contribution is -0.193. The second-order valence-corrected chi connectivity index (χ2v) is 11.4. The maximum Gasteiger partial charge on any atom is 0.411 e. The largest absolute Gasteiger partial charge is 0.480 e. The zero-order chi connectivity index (χ0) is 35.3. The number of methoxy groups -OCH3 is 1. The van der Waals surface area contributed by atoms with Gasteiger partial charge in [0.1, 0.15) is 36.4 Å². The first kappa shape index (κ1) is 35.4. The van der Waals surface area contributed by atoms with E-state index in [0.717, 1.165) is 35.6 Å². The highest BCUT2D eigenvalue weighted by atomic mass is 32.2. The number of carbonyl (C=O) groups is 8. The van der Waals surface area contributed by atoms with Gasteiger partial charge >= 0.3 is 36.1 Å². The SMILES string of the molecule is CO[C@@]1(NC(=O)[C@H](NC(=O)N2CCNC2=O)c2ccc(NC(=O)OC[C@@H](N)C(=O)O)cc2)C(=O)N2C(C(=O)O)=C(COC(C)=O)CS[C@H]21. The highest BCUT2D eigenvalue weighted by Gasteiger charge is 2.67. The van der Waals surface area contributed by atoms with Gasteiger partial charge in [0, 0.05) is 44.1 Å². The molecule has 20 nitrogen and oxygen atoms in total. The number of fused-ring (bicyclic) bond motifs is 1. The van der Waals surface area contributed by atoms with E-state index in [2.05, 4.69) is 21.3 Å². The summed E-state index contributed by atoms with van der Waals surface area (Å²) < 4.78 is 15.2. The molecule has 0 aliphatic carbocycles. The van der Waals surface area contributed by atoms with Crippen molar-refractivity contribution in [3.05, 3.63) is 41.1 Å². The van der Waals surface area contributed by atoms with Crippen LogP contribution in [0.3, 0.4) is 0 Å². The number of esters is 1. The second kappa shape index (κ2) is 14.6. The highest BCUT2D eigenvalue weighted by molar-refractivity contribution is 8.00. The van der Waals surface area contributed by atoms with Crippen LogP contribution in [0.2, 0.25) is 0 Å². The van der Waals surface area contributed by atoms with Crippen molar-refractivity contribution in [3.8, 4) is 0 Å². The molecule has 0 unspecified atom stereocenters. The third-order valence-corrected chi connectivity index (χ3v) is 8.60. The van der Waals surface area contributed by atoms with Crippen LogP contribution in [0.25, 0.3) is 0 Å². The number of aliphatic carboxylic acids is 2. The van der Waals surface area contributed by atoms with Crippen molar-refractivity contribution in [3.63, 3.8) is 0 Å². The molecule has 2 fully saturated rings. The first-order valence-electron chi connectivity index (χ1n) is 14.0. The number of nitrogens with one attached hydrogen (secondary N) is 4. The fourth-order valence-corrected chi connectivity index (χ4v) is 6.23. The fourth-order valence-electron chi connectivity index (χ4n) is 4.81. The lowest BCUT2D eigenvalue weighted by atomic mass is 9.96. The van der Waals surface area contributed by atoms with Crippen molar-refractivity contribution < 1.29 is 62.8 Å². The molecule has 3 aliphatic heterocycles. The molecular weight excluding hydrogens is 662 g/mol. The van der Waals surface area contributed by atoms with Crippen molar-refractivity contribution in [2.45, 2.75) is 30.1 Å². The van der Waals surface area contributed by atoms with Gasteiger partial charge in [-0.25, -0.2) is 24.1 Å². The zero-order valence-corrected chi connectivity index (χ0v) is 26.2. The molecule has 21 heteroatoms. The van der Waals surface area contributed by atoms with Crippen LogP contribution >= 0.6 is 11.8 Å². The number of carboxylic acid groups (broad SMARTS) is 2. The predicted octanol–water partition coefficient (Wildman–Crippen LogP) is -1.30. The van der Waals surface area contributed by atoms with Crippen LogP contribution in [0, 0.1) is 0 Å². The molecule has 258 valence electrons. The van der Waals surface area contributed by atoms with Gasteiger partial charge in [-0.15, -0.1) is 11.8 Å². The summed E-state index contributed by atoms with van der Waals surface area (Å²) in [5.74, 6) is -5.42. The van der Waals surface area contributed by atoms with Crippen molar-refractivity contribution in [1.29, 1.82) is 0 Å². The third-order valence-electron chi connectivity index (χ3n) is 7.23. The topological polar surface area (TPSA) is 285 Å². The minimum Gasteiger partial charge on any atom is -0.480 e. The Bertz CT molecular complexity index is 1570. The molecule has 8 N–H and O–H groups in total. The Kier molecular flexibility index (Phi) is 10.8. The molecule has 0 radical (unpaired) electrons. The fraction of sp³-hybridized carbons (Fsp3) is 0.407. The summed E-state index contributed by atoms with van der Waals surface area (Å²) in [5, 5.41) is 27.4. The van der Waals surface area contributed by atoms with E-state index in [-0.39, 0.29) is 42.3 Å². The quantitative estimate of drug-likeness (QED) is 0.0761. The summed E-state index contributed by atoms with van der Waals surface area (Å²) in [4.78, 5) is 101. The average molecular weight is 694 g/mol. The summed E-state index contributed by atoms with van der Waals surface area (Å²) in [7, 11) is 1.12. The number of ether oxygens (including phenoxy) is 3. The van der Waals surface area contributed by atoms with Crippen molar-refractivity contribution >= 4 is 65.3 Å². The van der Waals surface area contributed by atoms with Crippen LogP contribution in [0.4, 0.5) is 20.1 Å². The zero-order valence-electron chi connectivity index (χ0n) is 25.3. The summed E-state index contributed by atoms with van der Waals surface area (Å²) in [6.45, 7) is 0.342. The first-order valence-corrected chi connectivity index (χ1v) is 15.0. The van der Waals surface area contributed by atoms with E-state index in [1.165, 1.54) is 24.3 Å². The molecule has 4 atom stereocenters. The van der Waals surface area contributed by atoms with Gasteiger partial charge in [0.25, 0.3) is 11.6 Å². The molecule has 4 rings (SSSR count). The highest BCUT2D eigenvalue weighted by Crippen LogP contribution is 2.46. The van der Waals surface area contributed by atoms with Crippen molar-refractivity contribution in [2.75, 3.05) is 44.5 Å². The van der Waals surface area contributed by atoms with Gasteiger partial charge in [-0.05, 0) is 17.7 Å². The number of hydrogen-bond donors (Lipinski definition) is 7. The lowest BCUT2D eigenvalue weighted by Crippen LogP contribution is -2.81. The molecule has 0 saturated carbocycles. The van der Waals surface area contributed by atoms with Crippen molar-refractivity contribution in [2.24, 2.45) is 5.73 Å². The van der Waals surface area contributed by atoms with E-state index in [1.54, 1.807) is 0 Å². The number of urea groups is 2. The third kappa shape index (κ3) is 7.26. The number of β-lactam (4-membered cyclic amide) rings is 1. The number of anilines is 1. The maximum atomic E-state index is 13.8. The molecule has 7 amide bonds. The van der Waals surface area contributed by atoms with Gasteiger partial charge < -0.3 is 46.1 Å². The van der Waals surface area contributed by atoms with Crippen LogP contribution in [0.15, 0.2) is 35.5 Å². The van der Waals surface area contributed by atoms with E-state index in [0.29, 0.717) is 0 Å². The molecule has 1 aromatic rings. The molecule has 0 aromatic heterocycles. The molecular formula is C27H31N7O13S. The molecule has 0 bridgehead atoms. The van der Waals surface area contributed by atoms with Crippen LogP contribution in [-0.2, 0) is 38.2 Å². The summed E-state index contributed by atoms with van der Waals surface area (Å²) >= 11 is 1.04. The van der Waals surface area contributed by atoms with Gasteiger partial charge in [0.05, 0.1) is 0 Å². The standard InChI is InChI=1S/C27H31N7O13S/c1-12(35)46-9-14-11-48-23-27(45-2,22(41)34(23)18(14)21(39)40)32-19(36)17(31-25(43)33-8-7-29-24(33)42)13-3-5-15(6-4-13)30-26(44)47-10-16(28)20(37)38/h3-6,16-17,23H,7-11,28H2,1-2H3,(H,29,42)(H,30,44)(H,31,43)(H,32,36)(H,37,38)(H,39,40)/t16-,17-,23+,27+/m1/s1. The van der Waals surface area contributed by atoms with Crippen LogP contribution in [0.5, 0.6) is 0 Å². The minimum absolute atomic E-state index is 0.00363. The van der Waals surface area contributed by atoms with Crippen LogP contribution in [0.1, 0.15) is 18.5 Å². The van der Waals surface area contributed by atoms with E-state index in [9.17, 15) is 43.5 Å². The number of carboxylic acids is 2. The Hall–Kier alpha value is -5.41. The number of thioether (sulfide) groups is 1. The Morgan fingerprint density at radius 2 is 1.81 bits per heavy atom. The number of carbonyl (C=O) groups excluding carboxylic acids is 6. The van der Waals surface area contributed by atoms with Gasteiger partial charge in [-0.3, -0.25) is 29.4 Å². The first-order chi connectivity index (χ1) is 22.7. The van der Waals surface area contributed by atoms with Gasteiger partial charge in [-0.2, -0.15) is 0 Å².